The van der Waals surface area contributed by atoms with Crippen LogP contribution in [0.15, 0.2) is 96.6 Å². The zero-order valence-corrected chi connectivity index (χ0v) is 22.4. The Labute approximate surface area is 232 Å². The summed E-state index contributed by atoms with van der Waals surface area (Å²) in [5, 5.41) is 2.28. The van der Waals surface area contributed by atoms with Crippen molar-refractivity contribution in [2.45, 2.75) is 24.7 Å². The van der Waals surface area contributed by atoms with E-state index in [1.165, 1.54) is 11.3 Å². The number of furan rings is 1. The second kappa shape index (κ2) is 7.66. The predicted molar refractivity (Wildman–Crippen MR) is 160 cm³/mol. The molecular weight excluding hydrogens is 496 g/mol. The molecule has 0 fully saturated rings. The summed E-state index contributed by atoms with van der Waals surface area (Å²) in [5.74, 6) is 1.41. The van der Waals surface area contributed by atoms with Crippen LogP contribution in [-0.4, -0.2) is 41.3 Å². The molecular formula is C33H28N6O. The molecule has 6 heterocycles. The summed E-state index contributed by atoms with van der Waals surface area (Å²) in [6, 6.07) is 21.6. The number of allylic oxidation sites excluding steroid dienone is 1. The molecule has 0 aliphatic carbocycles. The van der Waals surface area contributed by atoms with Gasteiger partial charge in [0.05, 0.1) is 11.9 Å². The van der Waals surface area contributed by atoms with Gasteiger partial charge < -0.3 is 24.0 Å². The van der Waals surface area contributed by atoms with Gasteiger partial charge in [-0.25, -0.2) is 9.97 Å². The molecule has 9 rings (SSSR count). The number of aromatic nitrogens is 2. The number of hydrogen-bond acceptors (Lipinski definition) is 7. The SMILES string of the molecule is C=C1CC2c3ccccc3N3c4ncncc4N(C)C3C2C2N(C)C=CN2c2c1ccc1c2oc2ccccc21. The number of nitrogens with zero attached hydrogens (tertiary/aromatic N) is 6. The maximum absolute atomic E-state index is 6.62. The van der Waals surface area contributed by atoms with Gasteiger partial charge in [-0.1, -0.05) is 49.0 Å². The predicted octanol–water partition coefficient (Wildman–Crippen LogP) is 6.67. The molecule has 0 N–H and O–H groups in total. The van der Waals surface area contributed by atoms with E-state index in [-0.39, 0.29) is 24.2 Å². The molecule has 40 heavy (non-hydrogen) atoms. The molecule has 4 atom stereocenters. The number of rotatable bonds is 0. The first-order valence-electron chi connectivity index (χ1n) is 13.8. The molecule has 0 spiro atoms. The fraction of sp³-hybridized carbons (Fsp3) is 0.212. The van der Waals surface area contributed by atoms with E-state index in [9.17, 15) is 0 Å². The van der Waals surface area contributed by atoms with E-state index in [2.05, 4.69) is 106 Å². The van der Waals surface area contributed by atoms with E-state index in [4.69, 9.17) is 16.0 Å². The molecule has 3 aromatic carbocycles. The third-order valence-corrected chi connectivity index (χ3v) is 9.48. The average Bonchev–Trinajstić information content (AvgIpc) is 3.63. The monoisotopic (exact) mass is 524 g/mol. The lowest BCUT2D eigenvalue weighted by molar-refractivity contribution is 0.186. The fourth-order valence-electron chi connectivity index (χ4n) is 7.83. The van der Waals surface area contributed by atoms with Crippen LogP contribution in [0.3, 0.4) is 0 Å². The Morgan fingerprint density at radius 1 is 0.900 bits per heavy atom. The second-order valence-corrected chi connectivity index (χ2v) is 11.4. The highest BCUT2D eigenvalue weighted by Gasteiger charge is 2.55. The first-order valence-corrected chi connectivity index (χ1v) is 13.8. The Morgan fingerprint density at radius 2 is 1.75 bits per heavy atom. The lowest BCUT2D eigenvalue weighted by atomic mass is 9.72. The Hall–Kier alpha value is -4.78. The molecule has 4 unspecified atom stereocenters. The lowest BCUT2D eigenvalue weighted by Gasteiger charge is -2.52. The van der Waals surface area contributed by atoms with E-state index < -0.39 is 0 Å². The Kier molecular flexibility index (Phi) is 4.23. The van der Waals surface area contributed by atoms with Crippen molar-refractivity contribution in [2.24, 2.45) is 5.92 Å². The molecule has 7 heteroatoms. The van der Waals surface area contributed by atoms with Gasteiger partial charge in [0.25, 0.3) is 0 Å². The first kappa shape index (κ1) is 22.1. The maximum Gasteiger partial charge on any atom is 0.161 e. The average molecular weight is 525 g/mol. The van der Waals surface area contributed by atoms with Gasteiger partial charge in [-0.15, -0.1) is 0 Å². The van der Waals surface area contributed by atoms with Crippen molar-refractivity contribution in [2.75, 3.05) is 28.8 Å². The molecule has 196 valence electrons. The van der Waals surface area contributed by atoms with E-state index in [0.29, 0.717) is 0 Å². The first-order chi connectivity index (χ1) is 19.6. The van der Waals surface area contributed by atoms with Crippen molar-refractivity contribution < 1.29 is 4.42 Å². The molecule has 0 bridgehead atoms. The molecule has 7 nitrogen and oxygen atoms in total. The molecule has 0 amide bonds. The summed E-state index contributed by atoms with van der Waals surface area (Å²) < 4.78 is 6.62. The van der Waals surface area contributed by atoms with Crippen molar-refractivity contribution in [3.63, 3.8) is 0 Å². The van der Waals surface area contributed by atoms with Crippen molar-refractivity contribution in [1.29, 1.82) is 0 Å². The standard InChI is InChI=1S/C33H28N6O/c1-19-16-24-21-8-4-6-10-25(21)39-31-26(17-34-18-35-31)37(3)33(39)28(24)32-36(2)14-15-38(32)29-20(19)12-13-23-22-9-5-7-11-27(22)40-30(23)29/h4-15,17-18,24,28,32-33H,1,16H2,2-3H3. The Morgan fingerprint density at radius 3 is 2.67 bits per heavy atom. The van der Waals surface area contributed by atoms with Crippen LogP contribution < -0.4 is 14.7 Å². The van der Waals surface area contributed by atoms with E-state index in [0.717, 1.165) is 56.7 Å². The number of para-hydroxylation sites is 2. The smallest absolute Gasteiger partial charge is 0.161 e. The third-order valence-electron chi connectivity index (χ3n) is 9.48. The van der Waals surface area contributed by atoms with Crippen LogP contribution in [0.5, 0.6) is 0 Å². The highest BCUT2D eigenvalue weighted by molar-refractivity contribution is 6.11. The molecule has 2 aromatic heterocycles. The second-order valence-electron chi connectivity index (χ2n) is 11.4. The van der Waals surface area contributed by atoms with E-state index >= 15 is 0 Å². The zero-order chi connectivity index (χ0) is 26.7. The van der Waals surface area contributed by atoms with Crippen LogP contribution in [0, 0.1) is 5.92 Å². The van der Waals surface area contributed by atoms with Crippen LogP contribution in [0.25, 0.3) is 27.5 Å². The fourth-order valence-corrected chi connectivity index (χ4v) is 7.83. The minimum Gasteiger partial charge on any atom is -0.454 e. The summed E-state index contributed by atoms with van der Waals surface area (Å²) >= 11 is 0. The van der Waals surface area contributed by atoms with Crippen molar-refractivity contribution in [1.82, 2.24) is 14.9 Å². The molecule has 0 radical (unpaired) electrons. The molecule has 4 aliphatic heterocycles. The minimum atomic E-state index is 0.0567. The number of anilines is 4. The topological polar surface area (TPSA) is 51.9 Å². The highest BCUT2D eigenvalue weighted by atomic mass is 16.3. The summed E-state index contributed by atoms with van der Waals surface area (Å²) in [7, 11) is 4.38. The van der Waals surface area contributed by atoms with Gasteiger partial charge >= 0.3 is 0 Å². The van der Waals surface area contributed by atoms with Crippen LogP contribution in [0.2, 0.25) is 0 Å². The highest BCUT2D eigenvalue weighted by Crippen LogP contribution is 2.58. The van der Waals surface area contributed by atoms with E-state index in [1.54, 1.807) is 6.33 Å². The van der Waals surface area contributed by atoms with Crippen molar-refractivity contribution >= 4 is 50.4 Å². The summed E-state index contributed by atoms with van der Waals surface area (Å²) in [6.45, 7) is 4.70. The number of fused-ring (bicyclic) bond motifs is 16. The molecule has 0 saturated heterocycles. The quantitative estimate of drug-likeness (QED) is 0.224. The maximum atomic E-state index is 6.62. The van der Waals surface area contributed by atoms with Gasteiger partial charge in [-0.3, -0.25) is 0 Å². The van der Waals surface area contributed by atoms with Crippen molar-refractivity contribution in [3.8, 4) is 0 Å². The van der Waals surface area contributed by atoms with Gasteiger partial charge in [-0.2, -0.15) is 0 Å². The summed E-state index contributed by atoms with van der Waals surface area (Å²) in [5.41, 5.74) is 8.85. The summed E-state index contributed by atoms with van der Waals surface area (Å²) in [4.78, 5) is 18.8. The van der Waals surface area contributed by atoms with Gasteiger partial charge in [0.15, 0.2) is 11.4 Å². The Bertz CT molecular complexity index is 1910. The van der Waals surface area contributed by atoms with Crippen LogP contribution >= 0.6 is 0 Å². The number of benzene rings is 3. The largest absolute Gasteiger partial charge is 0.454 e. The number of hydrogen-bond donors (Lipinski definition) is 0. The molecule has 0 saturated carbocycles. The molecule has 5 aromatic rings. The van der Waals surface area contributed by atoms with Gasteiger partial charge in [0.2, 0.25) is 0 Å². The summed E-state index contributed by atoms with van der Waals surface area (Å²) in [6.07, 6.45) is 9.01. The molecule has 4 aliphatic rings. The van der Waals surface area contributed by atoms with Gasteiger partial charge in [-0.05, 0) is 35.8 Å². The van der Waals surface area contributed by atoms with Crippen LogP contribution in [0.4, 0.5) is 22.9 Å². The zero-order valence-electron chi connectivity index (χ0n) is 22.4. The van der Waals surface area contributed by atoms with E-state index in [1.807, 2.05) is 12.3 Å². The lowest BCUT2D eigenvalue weighted by Crippen LogP contribution is -2.59. The van der Waals surface area contributed by atoms with Gasteiger partial charge in [0, 0.05) is 60.4 Å². The minimum absolute atomic E-state index is 0.0567. The Balaban J connectivity index is 1.32. The third kappa shape index (κ3) is 2.64. The van der Waals surface area contributed by atoms with Gasteiger partial charge in [0.1, 0.15) is 29.9 Å². The van der Waals surface area contributed by atoms with Crippen LogP contribution in [-0.2, 0) is 0 Å². The van der Waals surface area contributed by atoms with Crippen molar-refractivity contribution in [3.05, 3.63) is 103 Å². The normalized spacial score (nSPS) is 24.4. The van der Waals surface area contributed by atoms with Crippen LogP contribution in [0.1, 0.15) is 23.5 Å².